The SMILES string of the molecule is CCSCCCC(CNCCOC)Cc1cccc(F)c1. The highest BCUT2D eigenvalue weighted by Gasteiger charge is 2.10. The van der Waals surface area contributed by atoms with E-state index in [1.807, 2.05) is 17.8 Å². The zero-order chi connectivity index (χ0) is 15.3. The summed E-state index contributed by atoms with van der Waals surface area (Å²) in [6, 6.07) is 6.98. The fourth-order valence-electron chi connectivity index (χ4n) is 2.37. The van der Waals surface area contributed by atoms with Crippen molar-refractivity contribution in [2.75, 3.05) is 38.3 Å². The van der Waals surface area contributed by atoms with Gasteiger partial charge in [0.2, 0.25) is 0 Å². The van der Waals surface area contributed by atoms with Crippen LogP contribution in [0.1, 0.15) is 25.3 Å². The normalized spacial score (nSPS) is 12.5. The minimum absolute atomic E-state index is 0.139. The van der Waals surface area contributed by atoms with Crippen LogP contribution < -0.4 is 5.32 Å². The molecule has 0 saturated heterocycles. The maximum absolute atomic E-state index is 13.3. The second-order valence-corrected chi connectivity index (χ2v) is 6.63. The van der Waals surface area contributed by atoms with Crippen LogP contribution in [0.3, 0.4) is 0 Å². The molecule has 0 amide bonds. The van der Waals surface area contributed by atoms with Crippen molar-refractivity contribution in [1.29, 1.82) is 0 Å². The van der Waals surface area contributed by atoms with Gasteiger partial charge >= 0.3 is 0 Å². The molecule has 1 N–H and O–H groups in total. The number of halogens is 1. The number of methoxy groups -OCH3 is 1. The van der Waals surface area contributed by atoms with Crippen molar-refractivity contribution >= 4 is 11.8 Å². The minimum atomic E-state index is -0.139. The average Bonchev–Trinajstić information content (AvgIpc) is 2.48. The van der Waals surface area contributed by atoms with E-state index in [9.17, 15) is 4.39 Å². The third-order valence-electron chi connectivity index (χ3n) is 3.43. The first-order valence-corrected chi connectivity index (χ1v) is 8.93. The van der Waals surface area contributed by atoms with E-state index in [4.69, 9.17) is 4.74 Å². The average molecular weight is 313 g/mol. The van der Waals surface area contributed by atoms with Gasteiger partial charge in [0.05, 0.1) is 6.61 Å². The molecule has 0 saturated carbocycles. The molecule has 1 unspecified atom stereocenters. The molecule has 1 rings (SSSR count). The van der Waals surface area contributed by atoms with Crippen molar-refractivity contribution in [3.63, 3.8) is 0 Å². The van der Waals surface area contributed by atoms with E-state index < -0.39 is 0 Å². The largest absolute Gasteiger partial charge is 0.383 e. The molecule has 4 heteroatoms. The second kappa shape index (κ2) is 12.0. The molecule has 0 radical (unpaired) electrons. The summed E-state index contributed by atoms with van der Waals surface area (Å²) in [4.78, 5) is 0. The lowest BCUT2D eigenvalue weighted by atomic mass is 9.95. The van der Waals surface area contributed by atoms with Crippen LogP contribution in [0.4, 0.5) is 4.39 Å². The lowest BCUT2D eigenvalue weighted by Gasteiger charge is -2.18. The third kappa shape index (κ3) is 9.12. The standard InChI is InChI=1S/C17H28FNOS/c1-3-21-11-5-7-16(14-19-9-10-20-2)12-15-6-4-8-17(18)13-15/h4,6,8,13,16,19H,3,5,7,9-12,14H2,1-2H3. The Morgan fingerprint density at radius 3 is 2.95 bits per heavy atom. The van der Waals surface area contributed by atoms with E-state index >= 15 is 0 Å². The Kier molecular flexibility index (Phi) is 10.6. The molecule has 0 aliphatic carbocycles. The number of nitrogens with one attached hydrogen (secondary N) is 1. The Bertz CT molecular complexity index is 364. The van der Waals surface area contributed by atoms with Crippen LogP contribution in [0.15, 0.2) is 24.3 Å². The summed E-state index contributed by atoms with van der Waals surface area (Å²) in [6.45, 7) is 4.77. The van der Waals surface area contributed by atoms with Crippen molar-refractivity contribution in [2.24, 2.45) is 5.92 Å². The number of hydrogen-bond donors (Lipinski definition) is 1. The van der Waals surface area contributed by atoms with E-state index in [-0.39, 0.29) is 5.82 Å². The molecule has 0 heterocycles. The van der Waals surface area contributed by atoms with Crippen LogP contribution in [-0.4, -0.2) is 38.3 Å². The summed E-state index contributed by atoms with van der Waals surface area (Å²) in [7, 11) is 1.72. The lowest BCUT2D eigenvalue weighted by Crippen LogP contribution is -2.27. The predicted octanol–water partition coefficient (Wildman–Crippen LogP) is 3.75. The highest BCUT2D eigenvalue weighted by Crippen LogP contribution is 2.16. The van der Waals surface area contributed by atoms with E-state index in [2.05, 4.69) is 12.2 Å². The quantitative estimate of drug-likeness (QED) is 0.594. The van der Waals surface area contributed by atoms with Crippen molar-refractivity contribution < 1.29 is 9.13 Å². The lowest BCUT2D eigenvalue weighted by molar-refractivity contribution is 0.197. The van der Waals surface area contributed by atoms with E-state index in [0.29, 0.717) is 5.92 Å². The Labute approximate surface area is 132 Å². The maximum Gasteiger partial charge on any atom is 0.123 e. The van der Waals surface area contributed by atoms with Gasteiger partial charge in [-0.15, -0.1) is 0 Å². The summed E-state index contributed by atoms with van der Waals surface area (Å²) in [6.07, 6.45) is 3.35. The first-order valence-electron chi connectivity index (χ1n) is 7.78. The van der Waals surface area contributed by atoms with Gasteiger partial charge in [-0.05, 0) is 60.9 Å². The molecule has 0 aromatic heterocycles. The highest BCUT2D eigenvalue weighted by atomic mass is 32.2. The van der Waals surface area contributed by atoms with Crippen LogP contribution in [0.2, 0.25) is 0 Å². The van der Waals surface area contributed by atoms with E-state index in [0.717, 1.165) is 31.7 Å². The molecular formula is C17H28FNOS. The van der Waals surface area contributed by atoms with Gasteiger partial charge in [-0.25, -0.2) is 4.39 Å². The van der Waals surface area contributed by atoms with Crippen LogP contribution in [0, 0.1) is 11.7 Å². The first kappa shape index (κ1) is 18.5. The van der Waals surface area contributed by atoms with Crippen molar-refractivity contribution in [2.45, 2.75) is 26.2 Å². The Morgan fingerprint density at radius 1 is 1.38 bits per heavy atom. The molecule has 0 bridgehead atoms. The van der Waals surface area contributed by atoms with Gasteiger partial charge in [-0.1, -0.05) is 19.1 Å². The van der Waals surface area contributed by atoms with Gasteiger partial charge in [0, 0.05) is 13.7 Å². The molecule has 1 aromatic carbocycles. The van der Waals surface area contributed by atoms with Crippen molar-refractivity contribution in [3.05, 3.63) is 35.6 Å². The molecule has 120 valence electrons. The zero-order valence-electron chi connectivity index (χ0n) is 13.2. The van der Waals surface area contributed by atoms with Gasteiger partial charge in [0.15, 0.2) is 0 Å². The predicted molar refractivity (Wildman–Crippen MR) is 90.6 cm³/mol. The fraction of sp³-hybridized carbons (Fsp3) is 0.647. The molecule has 1 aromatic rings. The number of benzene rings is 1. The van der Waals surface area contributed by atoms with E-state index in [1.54, 1.807) is 19.2 Å². The van der Waals surface area contributed by atoms with Crippen LogP contribution >= 0.6 is 11.8 Å². The smallest absolute Gasteiger partial charge is 0.123 e. The third-order valence-corrected chi connectivity index (χ3v) is 4.42. The van der Waals surface area contributed by atoms with Gasteiger partial charge in [0.25, 0.3) is 0 Å². The summed E-state index contributed by atoms with van der Waals surface area (Å²) in [5.74, 6) is 2.82. The fourth-order valence-corrected chi connectivity index (χ4v) is 3.03. The molecular weight excluding hydrogens is 285 g/mol. The molecule has 1 atom stereocenters. The van der Waals surface area contributed by atoms with Crippen molar-refractivity contribution in [3.8, 4) is 0 Å². The summed E-state index contributed by atoms with van der Waals surface area (Å²) in [5.41, 5.74) is 1.09. The number of ether oxygens (including phenoxy) is 1. The monoisotopic (exact) mass is 313 g/mol. The molecule has 0 aliphatic rings. The highest BCUT2D eigenvalue weighted by molar-refractivity contribution is 7.99. The molecule has 0 aliphatic heterocycles. The first-order chi connectivity index (χ1) is 10.3. The van der Waals surface area contributed by atoms with Crippen LogP contribution in [-0.2, 0) is 11.2 Å². The Morgan fingerprint density at radius 2 is 2.24 bits per heavy atom. The molecule has 21 heavy (non-hydrogen) atoms. The van der Waals surface area contributed by atoms with Gasteiger partial charge in [-0.2, -0.15) is 11.8 Å². The zero-order valence-corrected chi connectivity index (χ0v) is 14.1. The number of thioether (sulfide) groups is 1. The van der Waals surface area contributed by atoms with Gasteiger partial charge in [-0.3, -0.25) is 0 Å². The van der Waals surface area contributed by atoms with Gasteiger partial charge in [0.1, 0.15) is 5.82 Å². The summed E-state index contributed by atoms with van der Waals surface area (Å²) < 4.78 is 18.3. The Balaban J connectivity index is 2.41. The summed E-state index contributed by atoms with van der Waals surface area (Å²) in [5, 5.41) is 3.44. The van der Waals surface area contributed by atoms with Gasteiger partial charge < -0.3 is 10.1 Å². The maximum atomic E-state index is 13.3. The molecule has 0 fully saturated rings. The Hall–Kier alpha value is -0.580. The second-order valence-electron chi connectivity index (χ2n) is 5.24. The van der Waals surface area contributed by atoms with Crippen LogP contribution in [0.5, 0.6) is 0 Å². The van der Waals surface area contributed by atoms with Crippen molar-refractivity contribution in [1.82, 2.24) is 5.32 Å². The number of rotatable bonds is 12. The molecule has 2 nitrogen and oxygen atoms in total. The summed E-state index contributed by atoms with van der Waals surface area (Å²) >= 11 is 1.99. The van der Waals surface area contributed by atoms with E-state index in [1.165, 1.54) is 30.4 Å². The minimum Gasteiger partial charge on any atom is -0.383 e. The topological polar surface area (TPSA) is 21.3 Å². The van der Waals surface area contributed by atoms with Crippen LogP contribution in [0.25, 0.3) is 0 Å². The molecule has 0 spiro atoms. The number of hydrogen-bond acceptors (Lipinski definition) is 3.